The third-order valence-corrected chi connectivity index (χ3v) is 2.39. The third kappa shape index (κ3) is 3.94. The molecule has 20 heavy (non-hydrogen) atoms. The monoisotopic (exact) mass is 293 g/mol. The molecule has 0 atom stereocenters. The lowest BCUT2D eigenvalue weighted by atomic mass is 10.1. The SMILES string of the molecule is Cc1cc(C(=O)O)cc(C(=O)NCC(F)(F)C(F)F)c1. The summed E-state index contributed by atoms with van der Waals surface area (Å²) in [6, 6.07) is 3.53. The van der Waals surface area contributed by atoms with Crippen LogP contribution >= 0.6 is 0 Å². The molecular weight excluding hydrogens is 282 g/mol. The lowest BCUT2D eigenvalue weighted by Gasteiger charge is -2.16. The number of aromatic carboxylic acids is 1. The first-order valence-corrected chi connectivity index (χ1v) is 5.42. The number of benzene rings is 1. The van der Waals surface area contributed by atoms with Gasteiger partial charge in [0.15, 0.2) is 0 Å². The number of carboxylic acid groups (broad SMARTS) is 1. The van der Waals surface area contributed by atoms with Gasteiger partial charge in [-0.25, -0.2) is 13.6 Å². The van der Waals surface area contributed by atoms with Crippen molar-refractivity contribution in [2.45, 2.75) is 19.3 Å². The Morgan fingerprint density at radius 3 is 2.30 bits per heavy atom. The average molecular weight is 293 g/mol. The molecule has 110 valence electrons. The van der Waals surface area contributed by atoms with Crippen LogP contribution < -0.4 is 5.32 Å². The summed E-state index contributed by atoms with van der Waals surface area (Å²) in [5.41, 5.74) is 0.0407. The van der Waals surface area contributed by atoms with E-state index in [9.17, 15) is 27.2 Å². The number of aryl methyl sites for hydroxylation is 1. The number of hydrogen-bond donors (Lipinski definition) is 2. The van der Waals surface area contributed by atoms with Gasteiger partial charge >= 0.3 is 18.3 Å². The van der Waals surface area contributed by atoms with Crippen LogP contribution in [0.2, 0.25) is 0 Å². The molecule has 0 saturated carbocycles. The maximum absolute atomic E-state index is 12.7. The van der Waals surface area contributed by atoms with Crippen LogP contribution in [0.15, 0.2) is 18.2 Å². The number of carbonyl (C=O) groups excluding carboxylic acids is 1. The zero-order valence-electron chi connectivity index (χ0n) is 10.3. The molecule has 0 saturated heterocycles. The molecule has 0 aliphatic heterocycles. The Hall–Kier alpha value is -2.12. The molecule has 1 rings (SSSR count). The minimum absolute atomic E-state index is 0.188. The number of amides is 1. The molecule has 1 amide bonds. The number of alkyl halides is 4. The molecule has 0 unspecified atom stereocenters. The van der Waals surface area contributed by atoms with E-state index in [0.29, 0.717) is 5.56 Å². The molecule has 0 aromatic heterocycles. The highest BCUT2D eigenvalue weighted by molar-refractivity contribution is 5.97. The van der Waals surface area contributed by atoms with Crippen LogP contribution in [0, 0.1) is 6.92 Å². The molecule has 1 aromatic carbocycles. The van der Waals surface area contributed by atoms with Crippen molar-refractivity contribution in [2.24, 2.45) is 0 Å². The highest BCUT2D eigenvalue weighted by Gasteiger charge is 2.40. The van der Waals surface area contributed by atoms with Gasteiger partial charge in [-0.15, -0.1) is 0 Å². The van der Waals surface area contributed by atoms with Crippen LogP contribution in [0.25, 0.3) is 0 Å². The highest BCUT2D eigenvalue weighted by Crippen LogP contribution is 2.21. The normalized spacial score (nSPS) is 11.5. The number of carboxylic acids is 1. The van der Waals surface area contributed by atoms with E-state index in [2.05, 4.69) is 0 Å². The second-order valence-electron chi connectivity index (χ2n) is 4.14. The van der Waals surface area contributed by atoms with E-state index >= 15 is 0 Å². The van der Waals surface area contributed by atoms with Gasteiger partial charge in [0.25, 0.3) is 5.91 Å². The fourth-order valence-electron chi connectivity index (χ4n) is 1.42. The van der Waals surface area contributed by atoms with E-state index in [1.807, 2.05) is 0 Å². The number of halogens is 4. The lowest BCUT2D eigenvalue weighted by Crippen LogP contribution is -2.41. The van der Waals surface area contributed by atoms with E-state index in [4.69, 9.17) is 5.11 Å². The van der Waals surface area contributed by atoms with Crippen molar-refractivity contribution in [3.63, 3.8) is 0 Å². The fourth-order valence-corrected chi connectivity index (χ4v) is 1.42. The lowest BCUT2D eigenvalue weighted by molar-refractivity contribution is -0.123. The van der Waals surface area contributed by atoms with E-state index in [1.165, 1.54) is 19.1 Å². The summed E-state index contributed by atoms with van der Waals surface area (Å²) in [5.74, 6) is -6.67. The Morgan fingerprint density at radius 2 is 1.80 bits per heavy atom. The van der Waals surface area contributed by atoms with Gasteiger partial charge in [-0.05, 0) is 30.7 Å². The fraction of sp³-hybridized carbons (Fsp3) is 0.333. The Bertz CT molecular complexity index is 531. The second kappa shape index (κ2) is 5.89. The summed E-state index contributed by atoms with van der Waals surface area (Å²) < 4.78 is 49.1. The van der Waals surface area contributed by atoms with Gasteiger partial charge in [-0.2, -0.15) is 8.78 Å². The van der Waals surface area contributed by atoms with Gasteiger partial charge in [0, 0.05) is 5.56 Å². The van der Waals surface area contributed by atoms with Crippen LogP contribution in [-0.4, -0.2) is 35.9 Å². The Morgan fingerprint density at radius 1 is 1.25 bits per heavy atom. The molecule has 0 radical (unpaired) electrons. The predicted molar refractivity (Wildman–Crippen MR) is 61.4 cm³/mol. The largest absolute Gasteiger partial charge is 0.478 e. The molecule has 0 spiro atoms. The van der Waals surface area contributed by atoms with Gasteiger partial charge in [0.05, 0.1) is 12.1 Å². The van der Waals surface area contributed by atoms with Crippen molar-refractivity contribution in [2.75, 3.05) is 6.54 Å². The molecular formula is C12H11F4NO3. The van der Waals surface area contributed by atoms with Gasteiger partial charge in [0.1, 0.15) is 0 Å². The zero-order valence-corrected chi connectivity index (χ0v) is 10.3. The van der Waals surface area contributed by atoms with Crippen LogP contribution in [-0.2, 0) is 0 Å². The van der Waals surface area contributed by atoms with E-state index in [1.54, 1.807) is 5.32 Å². The summed E-state index contributed by atoms with van der Waals surface area (Å²) in [6.45, 7) is -0.0170. The quantitative estimate of drug-likeness (QED) is 0.819. The van der Waals surface area contributed by atoms with Gasteiger partial charge < -0.3 is 10.4 Å². The number of carbonyl (C=O) groups is 2. The molecule has 4 nitrogen and oxygen atoms in total. The summed E-state index contributed by atoms with van der Waals surface area (Å²) in [7, 11) is 0. The Labute approximate surface area is 111 Å². The summed E-state index contributed by atoms with van der Waals surface area (Å²) in [5, 5.41) is 10.4. The first-order chi connectivity index (χ1) is 9.13. The Kier molecular flexibility index (Phi) is 4.69. The minimum Gasteiger partial charge on any atom is -0.478 e. The van der Waals surface area contributed by atoms with Crippen molar-refractivity contribution in [1.29, 1.82) is 0 Å². The molecule has 0 aliphatic rings. The number of nitrogens with one attached hydrogen (secondary N) is 1. The Balaban J connectivity index is 2.86. The molecule has 0 heterocycles. The molecule has 1 aromatic rings. The van der Waals surface area contributed by atoms with E-state index < -0.39 is 30.8 Å². The van der Waals surface area contributed by atoms with Crippen molar-refractivity contribution >= 4 is 11.9 Å². The summed E-state index contributed by atoms with van der Waals surface area (Å²) >= 11 is 0. The van der Waals surface area contributed by atoms with Crippen molar-refractivity contribution in [1.82, 2.24) is 5.32 Å². The van der Waals surface area contributed by atoms with Gasteiger partial charge in [-0.1, -0.05) is 0 Å². The van der Waals surface area contributed by atoms with Crippen LogP contribution in [0.5, 0.6) is 0 Å². The van der Waals surface area contributed by atoms with Crippen LogP contribution in [0.4, 0.5) is 17.6 Å². The van der Waals surface area contributed by atoms with Gasteiger partial charge in [-0.3, -0.25) is 4.79 Å². The molecule has 0 aliphatic carbocycles. The average Bonchev–Trinajstić information content (AvgIpc) is 2.35. The smallest absolute Gasteiger partial charge is 0.335 e. The summed E-state index contributed by atoms with van der Waals surface area (Å²) in [6.07, 6.45) is -3.89. The van der Waals surface area contributed by atoms with Crippen molar-refractivity contribution < 1.29 is 32.3 Å². The maximum Gasteiger partial charge on any atom is 0.335 e. The first-order valence-electron chi connectivity index (χ1n) is 5.42. The number of hydrogen-bond acceptors (Lipinski definition) is 2. The van der Waals surface area contributed by atoms with E-state index in [-0.39, 0.29) is 11.1 Å². The minimum atomic E-state index is -4.34. The van der Waals surface area contributed by atoms with Crippen LogP contribution in [0.3, 0.4) is 0 Å². The van der Waals surface area contributed by atoms with E-state index in [0.717, 1.165) is 6.07 Å². The molecule has 0 fully saturated rings. The molecule has 2 N–H and O–H groups in total. The second-order valence-corrected chi connectivity index (χ2v) is 4.14. The topological polar surface area (TPSA) is 66.4 Å². The third-order valence-electron chi connectivity index (χ3n) is 2.39. The molecule has 0 bridgehead atoms. The van der Waals surface area contributed by atoms with Crippen LogP contribution in [0.1, 0.15) is 26.3 Å². The number of rotatable bonds is 5. The van der Waals surface area contributed by atoms with Crippen molar-refractivity contribution in [3.8, 4) is 0 Å². The first kappa shape index (κ1) is 15.9. The maximum atomic E-state index is 12.7. The molecule has 8 heteroatoms. The zero-order chi connectivity index (χ0) is 15.5. The highest BCUT2D eigenvalue weighted by atomic mass is 19.3. The van der Waals surface area contributed by atoms with Gasteiger partial charge in [0.2, 0.25) is 0 Å². The summed E-state index contributed by atoms with van der Waals surface area (Å²) in [4.78, 5) is 22.3. The standard InChI is InChI=1S/C12H11F4NO3/c1-6-2-7(4-8(3-6)10(19)20)9(18)17-5-12(15,16)11(13)14/h2-4,11H,5H2,1H3,(H,17,18)(H,19,20). The van der Waals surface area contributed by atoms with Crippen molar-refractivity contribution in [3.05, 3.63) is 34.9 Å². The predicted octanol–water partition coefficient (Wildman–Crippen LogP) is 2.32.